The van der Waals surface area contributed by atoms with E-state index in [1.165, 1.54) is 0 Å². The van der Waals surface area contributed by atoms with Gasteiger partial charge in [0.15, 0.2) is 0 Å². The van der Waals surface area contributed by atoms with Gasteiger partial charge in [0, 0.05) is 16.6 Å². The fraction of sp³-hybridized carbons (Fsp3) is 0.238. The van der Waals surface area contributed by atoms with Crippen molar-refractivity contribution < 1.29 is 14.7 Å². The van der Waals surface area contributed by atoms with E-state index in [1.54, 1.807) is 11.8 Å². The molecule has 0 aliphatic rings. The summed E-state index contributed by atoms with van der Waals surface area (Å²) in [7, 11) is 0. The number of carbonyl (C=O) groups excluding carboxylic acids is 1. The minimum absolute atomic E-state index is 0.0702. The molecule has 2 aromatic carbocycles. The molecule has 0 saturated heterocycles. The molecule has 0 aliphatic carbocycles. The molecule has 0 spiro atoms. The van der Waals surface area contributed by atoms with Crippen molar-refractivity contribution >= 4 is 34.5 Å². The highest BCUT2D eigenvalue weighted by atomic mass is 32.2. The number of hydrogen-bond donors (Lipinski definition) is 2. The van der Waals surface area contributed by atoms with Crippen LogP contribution in [0.15, 0.2) is 60.7 Å². The van der Waals surface area contributed by atoms with Crippen molar-refractivity contribution in [1.82, 2.24) is 9.88 Å². The summed E-state index contributed by atoms with van der Waals surface area (Å²) in [4.78, 5) is 24.0. The summed E-state index contributed by atoms with van der Waals surface area (Å²) in [5, 5.41) is 13.1. The lowest BCUT2D eigenvalue weighted by atomic mass is 10.1. The van der Waals surface area contributed by atoms with Crippen molar-refractivity contribution in [1.29, 1.82) is 0 Å². The van der Waals surface area contributed by atoms with Crippen LogP contribution in [0.1, 0.15) is 6.42 Å². The predicted octanol–water partition coefficient (Wildman–Crippen LogP) is 3.63. The van der Waals surface area contributed by atoms with Crippen molar-refractivity contribution in [2.45, 2.75) is 19.0 Å². The van der Waals surface area contributed by atoms with E-state index in [9.17, 15) is 14.7 Å². The second-order valence-corrected chi connectivity index (χ2v) is 7.27. The molecule has 27 heavy (non-hydrogen) atoms. The zero-order valence-electron chi connectivity index (χ0n) is 15.1. The van der Waals surface area contributed by atoms with Gasteiger partial charge >= 0.3 is 5.97 Å². The van der Waals surface area contributed by atoms with E-state index in [-0.39, 0.29) is 12.5 Å². The largest absolute Gasteiger partial charge is 0.480 e. The third-order valence-corrected chi connectivity index (χ3v) is 5.07. The molecule has 1 unspecified atom stereocenters. The third kappa shape index (κ3) is 4.52. The molecule has 5 nitrogen and oxygen atoms in total. The van der Waals surface area contributed by atoms with Gasteiger partial charge in [-0.2, -0.15) is 11.8 Å². The number of aliphatic carboxylic acids is 1. The van der Waals surface area contributed by atoms with Crippen LogP contribution < -0.4 is 5.32 Å². The van der Waals surface area contributed by atoms with Crippen LogP contribution in [0.5, 0.6) is 0 Å². The number of hydrogen-bond acceptors (Lipinski definition) is 3. The lowest BCUT2D eigenvalue weighted by molar-refractivity contribution is -0.141. The Morgan fingerprint density at radius 3 is 2.52 bits per heavy atom. The molecule has 3 rings (SSSR count). The van der Waals surface area contributed by atoms with Crippen LogP contribution in [-0.2, 0) is 16.1 Å². The Kier molecular flexibility index (Phi) is 6.19. The van der Waals surface area contributed by atoms with Gasteiger partial charge in [-0.3, -0.25) is 4.79 Å². The van der Waals surface area contributed by atoms with Gasteiger partial charge in [0.1, 0.15) is 12.6 Å². The molecule has 1 heterocycles. The predicted molar refractivity (Wildman–Crippen MR) is 110 cm³/mol. The van der Waals surface area contributed by atoms with Gasteiger partial charge in [-0.05, 0) is 36.1 Å². The Morgan fingerprint density at radius 2 is 1.81 bits per heavy atom. The second-order valence-electron chi connectivity index (χ2n) is 6.28. The van der Waals surface area contributed by atoms with Crippen LogP contribution in [-0.4, -0.2) is 39.6 Å². The molecule has 0 radical (unpaired) electrons. The molecule has 0 saturated carbocycles. The minimum Gasteiger partial charge on any atom is -0.480 e. The number of nitrogens with zero attached hydrogens (tertiary/aromatic N) is 1. The lowest BCUT2D eigenvalue weighted by Crippen LogP contribution is -2.42. The van der Waals surface area contributed by atoms with Crippen LogP contribution in [0.25, 0.3) is 22.2 Å². The van der Waals surface area contributed by atoms with Crippen LogP contribution in [0.4, 0.5) is 0 Å². The summed E-state index contributed by atoms with van der Waals surface area (Å²) < 4.78 is 1.94. The molecule has 3 aromatic rings. The van der Waals surface area contributed by atoms with Crippen LogP contribution in [0.3, 0.4) is 0 Å². The van der Waals surface area contributed by atoms with Crippen molar-refractivity contribution in [3.8, 4) is 11.3 Å². The fourth-order valence-electron chi connectivity index (χ4n) is 3.11. The average Bonchev–Trinajstić information content (AvgIpc) is 3.04. The zero-order chi connectivity index (χ0) is 19.2. The minimum atomic E-state index is -1.00. The maximum atomic E-state index is 12.6. The van der Waals surface area contributed by atoms with Gasteiger partial charge in [0.05, 0.1) is 0 Å². The van der Waals surface area contributed by atoms with Gasteiger partial charge in [0.25, 0.3) is 0 Å². The molecule has 2 N–H and O–H groups in total. The Hall–Kier alpha value is -2.73. The number of benzene rings is 2. The van der Waals surface area contributed by atoms with Crippen molar-refractivity contribution in [3.63, 3.8) is 0 Å². The monoisotopic (exact) mass is 382 g/mol. The summed E-state index contributed by atoms with van der Waals surface area (Å²) >= 11 is 1.56. The van der Waals surface area contributed by atoms with E-state index in [1.807, 2.05) is 65.4 Å². The van der Waals surface area contributed by atoms with E-state index in [4.69, 9.17) is 0 Å². The van der Waals surface area contributed by atoms with Crippen LogP contribution >= 0.6 is 11.8 Å². The number of para-hydroxylation sites is 1. The summed E-state index contributed by atoms with van der Waals surface area (Å²) in [6.45, 7) is 0.0702. The number of nitrogens with one attached hydrogen (secondary N) is 1. The van der Waals surface area contributed by atoms with Crippen molar-refractivity contribution in [2.24, 2.45) is 0 Å². The number of amides is 1. The molecule has 6 heteroatoms. The van der Waals surface area contributed by atoms with E-state index in [0.29, 0.717) is 12.2 Å². The first-order valence-corrected chi connectivity index (χ1v) is 10.1. The standard InChI is InChI=1S/C21H22N2O3S/c1-27-12-11-17(21(25)26)22-20(24)14-23-18-10-6-5-9-16(18)13-19(23)15-7-3-2-4-8-15/h2-10,13,17H,11-12,14H2,1H3,(H,22,24)(H,25,26). The van der Waals surface area contributed by atoms with Crippen LogP contribution in [0, 0.1) is 0 Å². The first kappa shape index (κ1) is 19.0. The average molecular weight is 382 g/mol. The van der Waals surface area contributed by atoms with E-state index >= 15 is 0 Å². The van der Waals surface area contributed by atoms with Gasteiger partial charge in [-0.15, -0.1) is 0 Å². The smallest absolute Gasteiger partial charge is 0.326 e. The van der Waals surface area contributed by atoms with E-state index in [0.717, 1.165) is 22.2 Å². The zero-order valence-corrected chi connectivity index (χ0v) is 15.9. The molecular weight excluding hydrogens is 360 g/mol. The highest BCUT2D eigenvalue weighted by Gasteiger charge is 2.21. The van der Waals surface area contributed by atoms with Gasteiger partial charge in [-0.1, -0.05) is 48.5 Å². The fourth-order valence-corrected chi connectivity index (χ4v) is 3.58. The molecule has 1 aromatic heterocycles. The number of carbonyl (C=O) groups is 2. The Balaban J connectivity index is 1.89. The summed E-state index contributed by atoms with van der Waals surface area (Å²) in [6.07, 6.45) is 2.32. The third-order valence-electron chi connectivity index (χ3n) is 4.43. The Labute approximate surface area is 162 Å². The Morgan fingerprint density at radius 1 is 1.11 bits per heavy atom. The van der Waals surface area contributed by atoms with Crippen LogP contribution in [0.2, 0.25) is 0 Å². The van der Waals surface area contributed by atoms with Gasteiger partial charge < -0.3 is 15.0 Å². The molecule has 1 amide bonds. The highest BCUT2D eigenvalue weighted by Crippen LogP contribution is 2.28. The molecule has 1 atom stereocenters. The van der Waals surface area contributed by atoms with E-state index in [2.05, 4.69) is 11.4 Å². The molecule has 0 aliphatic heterocycles. The maximum Gasteiger partial charge on any atom is 0.326 e. The highest BCUT2D eigenvalue weighted by molar-refractivity contribution is 7.98. The normalized spacial score (nSPS) is 12.0. The maximum absolute atomic E-state index is 12.6. The summed E-state index contributed by atoms with van der Waals surface area (Å²) in [5.74, 6) is -0.626. The molecule has 0 fully saturated rings. The number of rotatable bonds is 8. The number of carboxylic acids is 1. The molecule has 0 bridgehead atoms. The molecule has 140 valence electrons. The first-order valence-electron chi connectivity index (χ1n) is 8.75. The number of carboxylic acid groups (broad SMARTS) is 1. The van der Waals surface area contributed by atoms with E-state index < -0.39 is 12.0 Å². The SMILES string of the molecule is CSCCC(NC(=O)Cn1c(-c2ccccc2)cc2ccccc21)C(=O)O. The number of fused-ring (bicyclic) bond motifs is 1. The second kappa shape index (κ2) is 8.77. The van der Waals surface area contributed by atoms with Gasteiger partial charge in [-0.25, -0.2) is 4.79 Å². The Bertz CT molecular complexity index is 937. The summed E-state index contributed by atoms with van der Waals surface area (Å²) in [5.41, 5.74) is 2.89. The lowest BCUT2D eigenvalue weighted by Gasteiger charge is -2.16. The van der Waals surface area contributed by atoms with Crippen molar-refractivity contribution in [2.75, 3.05) is 12.0 Å². The topological polar surface area (TPSA) is 71.3 Å². The number of thioether (sulfide) groups is 1. The molecular formula is C21H22N2O3S. The first-order chi connectivity index (χ1) is 13.1. The van der Waals surface area contributed by atoms with Gasteiger partial charge in [0.2, 0.25) is 5.91 Å². The summed E-state index contributed by atoms with van der Waals surface area (Å²) in [6, 6.07) is 18.9. The number of aromatic nitrogens is 1. The van der Waals surface area contributed by atoms with Crippen molar-refractivity contribution in [3.05, 3.63) is 60.7 Å². The quantitative estimate of drug-likeness (QED) is 0.624.